The molecule has 1 unspecified atom stereocenters. The number of alkyl halides is 3. The van der Waals surface area contributed by atoms with Crippen LogP contribution in [0, 0.1) is 0 Å². The van der Waals surface area contributed by atoms with Gasteiger partial charge in [-0.25, -0.2) is 0 Å². The van der Waals surface area contributed by atoms with E-state index in [0.29, 0.717) is 6.54 Å². The zero-order valence-electron chi connectivity index (χ0n) is 9.35. The van der Waals surface area contributed by atoms with Crippen LogP contribution in [-0.2, 0) is 13.0 Å². The van der Waals surface area contributed by atoms with E-state index in [1.54, 1.807) is 0 Å². The first-order valence-corrected chi connectivity index (χ1v) is 5.62. The van der Waals surface area contributed by atoms with Gasteiger partial charge in [0.2, 0.25) is 0 Å². The lowest BCUT2D eigenvalue weighted by Crippen LogP contribution is -2.44. The average Bonchev–Trinajstić information content (AvgIpc) is 2.27. The van der Waals surface area contributed by atoms with Crippen LogP contribution in [-0.4, -0.2) is 25.3 Å². The molecule has 1 aromatic rings. The molecular weight excluding hydrogens is 229 g/mol. The molecule has 2 nitrogen and oxygen atoms in total. The normalized spacial score (nSPS) is 20.1. The van der Waals surface area contributed by atoms with Gasteiger partial charge in [-0.2, -0.15) is 13.2 Å². The van der Waals surface area contributed by atoms with Crippen molar-refractivity contribution in [3.63, 3.8) is 0 Å². The average molecular weight is 244 g/mol. The second-order valence-corrected chi connectivity index (χ2v) is 4.30. The highest BCUT2D eigenvalue weighted by molar-refractivity contribution is 5.29. The predicted octanol–water partition coefficient (Wildman–Crippen LogP) is 1.85. The van der Waals surface area contributed by atoms with E-state index >= 15 is 0 Å². The third-order valence-corrected chi connectivity index (χ3v) is 2.88. The Balaban J connectivity index is 1.82. The van der Waals surface area contributed by atoms with Crippen LogP contribution in [0.4, 0.5) is 13.2 Å². The van der Waals surface area contributed by atoms with Gasteiger partial charge in [0.05, 0.1) is 6.54 Å². The zero-order chi connectivity index (χ0) is 12.3. The molecule has 0 aliphatic carbocycles. The molecule has 0 saturated carbocycles. The molecule has 1 aliphatic rings. The van der Waals surface area contributed by atoms with Crippen LogP contribution in [0.25, 0.3) is 0 Å². The summed E-state index contributed by atoms with van der Waals surface area (Å²) in [7, 11) is 0. The zero-order valence-corrected chi connectivity index (χ0v) is 9.35. The molecule has 1 aliphatic heterocycles. The molecule has 17 heavy (non-hydrogen) atoms. The van der Waals surface area contributed by atoms with Crippen molar-refractivity contribution < 1.29 is 13.2 Å². The largest absolute Gasteiger partial charge is 0.401 e. The van der Waals surface area contributed by atoms with E-state index in [1.807, 2.05) is 24.3 Å². The minimum Gasteiger partial charge on any atom is -0.308 e. The number of benzene rings is 1. The van der Waals surface area contributed by atoms with Crippen molar-refractivity contribution in [1.82, 2.24) is 10.6 Å². The van der Waals surface area contributed by atoms with Crippen LogP contribution in [0.3, 0.4) is 0 Å². The van der Waals surface area contributed by atoms with Gasteiger partial charge in [0.15, 0.2) is 0 Å². The van der Waals surface area contributed by atoms with Gasteiger partial charge in [-0.3, -0.25) is 0 Å². The van der Waals surface area contributed by atoms with Gasteiger partial charge < -0.3 is 10.6 Å². The quantitative estimate of drug-likeness (QED) is 0.848. The van der Waals surface area contributed by atoms with Gasteiger partial charge in [-0.1, -0.05) is 24.3 Å². The summed E-state index contributed by atoms with van der Waals surface area (Å²) in [6.45, 7) is 0.148. The number of halogens is 3. The van der Waals surface area contributed by atoms with E-state index in [2.05, 4.69) is 10.6 Å². The van der Waals surface area contributed by atoms with Crippen LogP contribution < -0.4 is 10.6 Å². The smallest absolute Gasteiger partial charge is 0.308 e. The molecule has 0 aromatic heterocycles. The van der Waals surface area contributed by atoms with E-state index in [4.69, 9.17) is 0 Å². The van der Waals surface area contributed by atoms with Gasteiger partial charge in [-0.05, 0) is 17.5 Å². The summed E-state index contributed by atoms with van der Waals surface area (Å²) < 4.78 is 35.9. The standard InChI is InChI=1S/C12H15F3N2/c13-12(14,15)8-16-7-11-5-9-3-1-2-4-10(9)6-17-11/h1-4,11,16-17H,5-8H2. The minimum absolute atomic E-state index is 0.0762. The maximum absolute atomic E-state index is 12.0. The Morgan fingerprint density at radius 2 is 1.94 bits per heavy atom. The lowest BCUT2D eigenvalue weighted by atomic mass is 9.96. The molecule has 0 saturated heterocycles. The highest BCUT2D eigenvalue weighted by Gasteiger charge is 2.27. The van der Waals surface area contributed by atoms with Gasteiger partial charge >= 0.3 is 6.18 Å². The molecule has 0 spiro atoms. The number of hydrogen-bond donors (Lipinski definition) is 2. The molecular formula is C12H15F3N2. The van der Waals surface area contributed by atoms with Gasteiger partial charge in [-0.15, -0.1) is 0 Å². The predicted molar refractivity (Wildman–Crippen MR) is 59.7 cm³/mol. The third kappa shape index (κ3) is 3.71. The molecule has 0 amide bonds. The Morgan fingerprint density at radius 3 is 2.65 bits per heavy atom. The molecule has 94 valence electrons. The third-order valence-electron chi connectivity index (χ3n) is 2.88. The fraction of sp³-hybridized carbons (Fsp3) is 0.500. The number of fused-ring (bicyclic) bond motifs is 1. The fourth-order valence-electron chi connectivity index (χ4n) is 2.05. The van der Waals surface area contributed by atoms with Crippen molar-refractivity contribution in [3.8, 4) is 0 Å². The van der Waals surface area contributed by atoms with Crippen molar-refractivity contribution in [1.29, 1.82) is 0 Å². The lowest BCUT2D eigenvalue weighted by Gasteiger charge is -2.26. The second-order valence-electron chi connectivity index (χ2n) is 4.30. The van der Waals surface area contributed by atoms with E-state index in [9.17, 15) is 13.2 Å². The first kappa shape index (κ1) is 12.4. The Kier molecular flexibility index (Phi) is 3.69. The Bertz CT molecular complexity index is 376. The fourth-order valence-corrected chi connectivity index (χ4v) is 2.05. The summed E-state index contributed by atoms with van der Waals surface area (Å²) in [6, 6.07) is 8.09. The Morgan fingerprint density at radius 1 is 1.24 bits per heavy atom. The maximum Gasteiger partial charge on any atom is 0.401 e. The summed E-state index contributed by atoms with van der Waals surface area (Å²) in [5.74, 6) is 0. The van der Waals surface area contributed by atoms with Crippen molar-refractivity contribution in [3.05, 3.63) is 35.4 Å². The Hall–Kier alpha value is -1.07. The highest BCUT2D eigenvalue weighted by Crippen LogP contribution is 2.16. The van der Waals surface area contributed by atoms with Crippen molar-refractivity contribution in [2.75, 3.05) is 13.1 Å². The van der Waals surface area contributed by atoms with Crippen molar-refractivity contribution >= 4 is 0 Å². The van der Waals surface area contributed by atoms with E-state index < -0.39 is 12.7 Å². The minimum atomic E-state index is -4.13. The van der Waals surface area contributed by atoms with Gasteiger partial charge in [0, 0.05) is 19.1 Å². The van der Waals surface area contributed by atoms with Gasteiger partial charge in [0.1, 0.15) is 0 Å². The van der Waals surface area contributed by atoms with Crippen LogP contribution >= 0.6 is 0 Å². The van der Waals surface area contributed by atoms with Crippen molar-refractivity contribution in [2.24, 2.45) is 0 Å². The second kappa shape index (κ2) is 5.06. The van der Waals surface area contributed by atoms with Crippen LogP contribution in [0.15, 0.2) is 24.3 Å². The molecule has 0 fully saturated rings. The molecule has 1 heterocycles. The summed E-state index contributed by atoms with van der Waals surface area (Å²) in [4.78, 5) is 0. The van der Waals surface area contributed by atoms with Crippen molar-refractivity contribution in [2.45, 2.75) is 25.2 Å². The summed E-state index contributed by atoms with van der Waals surface area (Å²) >= 11 is 0. The molecule has 0 radical (unpaired) electrons. The van der Waals surface area contributed by atoms with E-state index in [1.165, 1.54) is 11.1 Å². The molecule has 2 rings (SSSR count). The molecule has 1 aromatic carbocycles. The van der Waals surface area contributed by atoms with E-state index in [0.717, 1.165) is 13.0 Å². The summed E-state index contributed by atoms with van der Waals surface area (Å²) in [5, 5.41) is 5.67. The van der Waals surface area contributed by atoms with Crippen LogP contribution in [0.5, 0.6) is 0 Å². The SMILES string of the molecule is FC(F)(F)CNCC1Cc2ccccc2CN1. The molecule has 5 heteroatoms. The van der Waals surface area contributed by atoms with Gasteiger partial charge in [0.25, 0.3) is 0 Å². The van der Waals surface area contributed by atoms with Crippen LogP contribution in [0.1, 0.15) is 11.1 Å². The molecule has 2 N–H and O–H groups in total. The maximum atomic E-state index is 12.0. The first-order chi connectivity index (χ1) is 8.04. The number of rotatable bonds is 3. The lowest BCUT2D eigenvalue weighted by molar-refractivity contribution is -0.124. The number of nitrogens with one attached hydrogen (secondary N) is 2. The number of hydrogen-bond acceptors (Lipinski definition) is 2. The molecule has 0 bridgehead atoms. The summed E-state index contributed by atoms with van der Waals surface area (Å²) in [6.07, 6.45) is -3.35. The highest BCUT2D eigenvalue weighted by atomic mass is 19.4. The summed E-state index contributed by atoms with van der Waals surface area (Å²) in [5.41, 5.74) is 2.46. The Labute approximate surface area is 98.2 Å². The topological polar surface area (TPSA) is 24.1 Å². The monoisotopic (exact) mass is 244 g/mol. The van der Waals surface area contributed by atoms with E-state index in [-0.39, 0.29) is 6.04 Å². The first-order valence-electron chi connectivity index (χ1n) is 5.62. The molecule has 1 atom stereocenters. The van der Waals surface area contributed by atoms with Crippen LogP contribution in [0.2, 0.25) is 0 Å².